The number of alkyl halides is 3. The Morgan fingerprint density at radius 1 is 1.15 bits per heavy atom. The summed E-state index contributed by atoms with van der Waals surface area (Å²) in [5.41, 5.74) is 0. The fraction of sp³-hybridized carbons (Fsp3) is 0.750. The first-order chi connectivity index (χ1) is 5.72. The second-order valence-electron chi connectivity index (χ2n) is 3.24. The Morgan fingerprint density at radius 2 is 1.62 bits per heavy atom. The van der Waals surface area contributed by atoms with Crippen LogP contribution in [0, 0.1) is 5.92 Å². The molecule has 5 heteroatoms. The van der Waals surface area contributed by atoms with Gasteiger partial charge in [-0.25, -0.2) is 0 Å². The van der Waals surface area contributed by atoms with Crippen LogP contribution in [0.2, 0.25) is 0 Å². The van der Waals surface area contributed by atoms with Crippen molar-refractivity contribution in [1.82, 2.24) is 0 Å². The minimum atomic E-state index is -4.58. The van der Waals surface area contributed by atoms with E-state index in [1.807, 2.05) is 0 Å². The van der Waals surface area contributed by atoms with Crippen molar-refractivity contribution in [1.29, 1.82) is 0 Å². The van der Waals surface area contributed by atoms with Gasteiger partial charge in [-0.1, -0.05) is 13.8 Å². The van der Waals surface area contributed by atoms with Crippen LogP contribution in [0.3, 0.4) is 0 Å². The molecule has 0 aromatic rings. The number of carbonyl (C=O) groups excluding carboxylic acids is 2. The topological polar surface area (TPSA) is 34.1 Å². The number of Topliss-reactive ketones (excluding diaryl/α,β-unsaturated/α-hetero) is 2. The molecule has 0 aromatic carbocycles. The van der Waals surface area contributed by atoms with Crippen molar-refractivity contribution in [2.24, 2.45) is 5.92 Å². The molecule has 0 radical (unpaired) electrons. The largest absolute Gasteiger partial charge is 0.396 e. The van der Waals surface area contributed by atoms with E-state index in [4.69, 9.17) is 0 Å². The molecule has 0 unspecified atom stereocenters. The minimum Gasteiger partial charge on any atom is -0.291 e. The molecule has 0 saturated heterocycles. The molecule has 0 N–H and O–H groups in total. The first-order valence-electron chi connectivity index (χ1n) is 3.85. The Morgan fingerprint density at radius 3 is 1.92 bits per heavy atom. The highest BCUT2D eigenvalue weighted by atomic mass is 19.4. The maximum absolute atomic E-state index is 11.6. The van der Waals surface area contributed by atoms with E-state index in [1.165, 1.54) is 0 Å². The van der Waals surface area contributed by atoms with Crippen molar-refractivity contribution in [3.05, 3.63) is 0 Å². The number of halogens is 3. The van der Waals surface area contributed by atoms with Crippen LogP contribution in [0.4, 0.5) is 13.2 Å². The number of carbonyl (C=O) groups is 2. The summed E-state index contributed by atoms with van der Waals surface area (Å²) < 4.78 is 34.9. The molecule has 0 spiro atoms. The molecule has 13 heavy (non-hydrogen) atoms. The van der Waals surface area contributed by atoms with Gasteiger partial charge < -0.3 is 0 Å². The van der Waals surface area contributed by atoms with E-state index in [0.717, 1.165) is 0 Å². The molecular weight excluding hydrogens is 185 g/mol. The first-order valence-corrected chi connectivity index (χ1v) is 3.85. The van der Waals surface area contributed by atoms with Gasteiger partial charge in [0, 0.05) is 6.42 Å². The monoisotopic (exact) mass is 196 g/mol. The van der Waals surface area contributed by atoms with Crippen LogP contribution >= 0.6 is 0 Å². The summed E-state index contributed by atoms with van der Waals surface area (Å²) in [5, 5.41) is 0. The smallest absolute Gasteiger partial charge is 0.291 e. The van der Waals surface area contributed by atoms with Gasteiger partial charge in [0.1, 0.15) is 6.42 Å². The van der Waals surface area contributed by atoms with Crippen molar-refractivity contribution >= 4 is 11.6 Å². The Hall–Kier alpha value is -0.870. The van der Waals surface area contributed by atoms with Gasteiger partial charge in [0.25, 0.3) is 0 Å². The molecule has 0 rings (SSSR count). The third kappa shape index (κ3) is 6.31. The van der Waals surface area contributed by atoms with E-state index >= 15 is 0 Å². The molecule has 0 fully saturated rings. The van der Waals surface area contributed by atoms with Gasteiger partial charge in [0.15, 0.2) is 5.78 Å². The predicted molar refractivity (Wildman–Crippen MR) is 40.1 cm³/mol. The van der Waals surface area contributed by atoms with Crippen LogP contribution in [-0.4, -0.2) is 17.7 Å². The lowest BCUT2D eigenvalue weighted by molar-refractivity contribution is -0.158. The molecule has 0 amide bonds. The third-order valence-electron chi connectivity index (χ3n) is 1.27. The Labute approximate surface area is 74.1 Å². The van der Waals surface area contributed by atoms with Crippen molar-refractivity contribution < 1.29 is 22.8 Å². The molecule has 0 aliphatic rings. The molecule has 0 bridgehead atoms. The second kappa shape index (κ2) is 4.39. The average Bonchev–Trinajstić information content (AvgIpc) is 1.81. The highest BCUT2D eigenvalue weighted by Gasteiger charge is 2.33. The molecule has 0 aliphatic carbocycles. The normalized spacial score (nSPS) is 11.8. The van der Waals surface area contributed by atoms with Gasteiger partial charge in [0.2, 0.25) is 5.78 Å². The summed E-state index contributed by atoms with van der Waals surface area (Å²) in [5.74, 6) is -2.38. The van der Waals surface area contributed by atoms with Crippen molar-refractivity contribution in [3.8, 4) is 0 Å². The fourth-order valence-electron chi connectivity index (χ4n) is 0.765. The van der Waals surface area contributed by atoms with E-state index in [0.29, 0.717) is 0 Å². The number of hydrogen-bond donors (Lipinski definition) is 0. The number of hydrogen-bond acceptors (Lipinski definition) is 2. The summed E-state index contributed by atoms with van der Waals surface area (Å²) in [4.78, 5) is 21.4. The predicted octanol–water partition coefficient (Wildman–Crippen LogP) is 2.12. The molecule has 0 heterocycles. The minimum absolute atomic E-state index is 0.0929. The van der Waals surface area contributed by atoms with Gasteiger partial charge in [-0.05, 0) is 5.92 Å². The van der Waals surface area contributed by atoms with Crippen LogP contribution in [0.1, 0.15) is 26.7 Å². The van der Waals surface area contributed by atoms with E-state index in [9.17, 15) is 22.8 Å². The summed E-state index contributed by atoms with van der Waals surface area (Å²) >= 11 is 0. The Bertz CT molecular complexity index is 206. The van der Waals surface area contributed by atoms with E-state index in [1.54, 1.807) is 13.8 Å². The number of rotatable bonds is 4. The quantitative estimate of drug-likeness (QED) is 0.645. The second-order valence-corrected chi connectivity index (χ2v) is 3.24. The summed E-state index contributed by atoms with van der Waals surface area (Å²) in [6.45, 7) is 3.33. The zero-order valence-electron chi connectivity index (χ0n) is 7.44. The molecule has 76 valence electrons. The summed E-state index contributed by atoms with van der Waals surface area (Å²) in [7, 11) is 0. The van der Waals surface area contributed by atoms with Gasteiger partial charge >= 0.3 is 6.18 Å². The fourth-order valence-corrected chi connectivity index (χ4v) is 0.765. The maximum atomic E-state index is 11.6. The van der Waals surface area contributed by atoms with Crippen molar-refractivity contribution in [2.75, 3.05) is 0 Å². The van der Waals surface area contributed by atoms with Crippen LogP contribution in [-0.2, 0) is 9.59 Å². The zero-order valence-corrected chi connectivity index (χ0v) is 7.44. The van der Waals surface area contributed by atoms with Gasteiger partial charge in [-0.3, -0.25) is 9.59 Å². The van der Waals surface area contributed by atoms with E-state index in [2.05, 4.69) is 0 Å². The molecular formula is C8H11F3O2. The van der Waals surface area contributed by atoms with Crippen LogP contribution in [0.15, 0.2) is 0 Å². The highest BCUT2D eigenvalue weighted by molar-refractivity contribution is 6.37. The molecule has 0 saturated carbocycles. The lowest BCUT2D eigenvalue weighted by atomic mass is 10.0. The maximum Gasteiger partial charge on any atom is 0.396 e. The number of ketones is 2. The lowest BCUT2D eigenvalue weighted by Gasteiger charge is -2.05. The lowest BCUT2D eigenvalue weighted by Crippen LogP contribution is -2.23. The van der Waals surface area contributed by atoms with E-state index in [-0.39, 0.29) is 12.3 Å². The summed E-state index contributed by atoms with van der Waals surface area (Å²) in [6.07, 6.45) is -6.34. The SMILES string of the molecule is CC(C)CC(=O)C(=O)CC(F)(F)F. The average molecular weight is 196 g/mol. The molecule has 2 nitrogen and oxygen atoms in total. The molecule has 0 aromatic heterocycles. The Balaban J connectivity index is 4.06. The highest BCUT2D eigenvalue weighted by Crippen LogP contribution is 2.20. The van der Waals surface area contributed by atoms with Crippen molar-refractivity contribution in [3.63, 3.8) is 0 Å². The zero-order chi connectivity index (χ0) is 10.6. The van der Waals surface area contributed by atoms with Crippen molar-refractivity contribution in [2.45, 2.75) is 32.9 Å². The van der Waals surface area contributed by atoms with Gasteiger partial charge in [-0.15, -0.1) is 0 Å². The standard InChI is InChI=1S/C8H11F3O2/c1-5(2)3-6(12)7(13)4-8(9,10)11/h5H,3-4H2,1-2H3. The van der Waals surface area contributed by atoms with Crippen LogP contribution in [0.5, 0.6) is 0 Å². The molecule has 0 atom stereocenters. The van der Waals surface area contributed by atoms with Gasteiger partial charge in [0.05, 0.1) is 0 Å². The first kappa shape index (κ1) is 12.1. The Kier molecular flexibility index (Phi) is 4.10. The van der Waals surface area contributed by atoms with E-state index < -0.39 is 24.2 Å². The molecule has 0 aliphatic heterocycles. The van der Waals surface area contributed by atoms with Crippen LogP contribution in [0.25, 0.3) is 0 Å². The van der Waals surface area contributed by atoms with Gasteiger partial charge in [-0.2, -0.15) is 13.2 Å². The summed E-state index contributed by atoms with van der Waals surface area (Å²) in [6, 6.07) is 0. The third-order valence-corrected chi connectivity index (χ3v) is 1.27. The van der Waals surface area contributed by atoms with Crippen LogP contribution < -0.4 is 0 Å².